The van der Waals surface area contributed by atoms with E-state index in [1.807, 2.05) is 6.92 Å². The summed E-state index contributed by atoms with van der Waals surface area (Å²) in [6, 6.07) is 5.74. The van der Waals surface area contributed by atoms with Crippen molar-refractivity contribution in [3.8, 4) is 5.75 Å². The van der Waals surface area contributed by atoms with Gasteiger partial charge in [-0.15, -0.1) is 13.2 Å². The van der Waals surface area contributed by atoms with Crippen LogP contribution in [0.15, 0.2) is 24.3 Å². The molecule has 0 aliphatic rings. The minimum atomic E-state index is -4.67. The number of likely N-dealkylation sites (N-methyl/N-ethyl adjacent to an activating group) is 1. The third kappa shape index (κ3) is 5.94. The van der Waals surface area contributed by atoms with Crippen molar-refractivity contribution >= 4 is 0 Å². The van der Waals surface area contributed by atoms with Gasteiger partial charge in [0.15, 0.2) is 0 Å². The van der Waals surface area contributed by atoms with Crippen LogP contribution < -0.4 is 10.1 Å². The van der Waals surface area contributed by atoms with Crippen LogP contribution in [-0.2, 0) is 4.74 Å². The lowest BCUT2D eigenvalue weighted by Crippen LogP contribution is -2.22. The van der Waals surface area contributed by atoms with E-state index in [9.17, 15) is 13.2 Å². The summed E-state index contributed by atoms with van der Waals surface area (Å²) >= 11 is 0. The highest BCUT2D eigenvalue weighted by molar-refractivity contribution is 5.30. The second-order valence-corrected chi connectivity index (χ2v) is 4.04. The number of halogens is 3. The van der Waals surface area contributed by atoms with E-state index in [2.05, 4.69) is 10.1 Å². The van der Waals surface area contributed by atoms with E-state index in [0.29, 0.717) is 18.8 Å². The third-order valence-corrected chi connectivity index (χ3v) is 2.48. The number of hydrogen-bond donors (Lipinski definition) is 1. The standard InChI is InChI=1S/C13H18F3NO2/c1-3-7-18-9-12(17-2)10-5-4-6-11(8-10)19-13(14,15)16/h4-6,8,12,17H,3,7,9H2,1-2H3. The van der Waals surface area contributed by atoms with Gasteiger partial charge in [0.25, 0.3) is 0 Å². The average molecular weight is 277 g/mol. The Hall–Kier alpha value is -1.27. The van der Waals surface area contributed by atoms with Gasteiger partial charge in [-0.1, -0.05) is 19.1 Å². The van der Waals surface area contributed by atoms with Crippen LogP contribution in [0.2, 0.25) is 0 Å². The van der Waals surface area contributed by atoms with Gasteiger partial charge in [-0.25, -0.2) is 0 Å². The van der Waals surface area contributed by atoms with Crippen molar-refractivity contribution in [3.63, 3.8) is 0 Å². The van der Waals surface area contributed by atoms with Crippen LogP contribution in [0.3, 0.4) is 0 Å². The van der Waals surface area contributed by atoms with Crippen molar-refractivity contribution in [3.05, 3.63) is 29.8 Å². The summed E-state index contributed by atoms with van der Waals surface area (Å²) in [4.78, 5) is 0. The van der Waals surface area contributed by atoms with E-state index < -0.39 is 6.36 Å². The maximum atomic E-state index is 12.1. The van der Waals surface area contributed by atoms with E-state index >= 15 is 0 Å². The fraction of sp³-hybridized carbons (Fsp3) is 0.538. The Morgan fingerprint density at radius 1 is 1.32 bits per heavy atom. The number of ether oxygens (including phenoxy) is 2. The summed E-state index contributed by atoms with van der Waals surface area (Å²) in [5.74, 6) is -0.222. The Balaban J connectivity index is 2.72. The molecule has 0 amide bonds. The number of rotatable bonds is 7. The lowest BCUT2D eigenvalue weighted by atomic mass is 10.1. The molecule has 1 atom stereocenters. The van der Waals surface area contributed by atoms with Crippen LogP contribution in [0.5, 0.6) is 5.75 Å². The highest BCUT2D eigenvalue weighted by atomic mass is 19.4. The molecule has 0 bridgehead atoms. The van der Waals surface area contributed by atoms with Gasteiger partial charge in [0.1, 0.15) is 5.75 Å². The molecular weight excluding hydrogens is 259 g/mol. The minimum absolute atomic E-state index is 0.164. The Kier molecular flexibility index (Phi) is 6.11. The van der Waals surface area contributed by atoms with Gasteiger partial charge >= 0.3 is 6.36 Å². The summed E-state index contributed by atoms with van der Waals surface area (Å²) in [6.07, 6.45) is -3.78. The zero-order valence-electron chi connectivity index (χ0n) is 11.0. The Labute approximate surface area is 110 Å². The summed E-state index contributed by atoms with van der Waals surface area (Å²) < 4.78 is 45.7. The minimum Gasteiger partial charge on any atom is -0.406 e. The predicted octanol–water partition coefficient (Wildman–Crippen LogP) is 3.27. The van der Waals surface area contributed by atoms with E-state index in [1.165, 1.54) is 18.2 Å². The smallest absolute Gasteiger partial charge is 0.406 e. The van der Waals surface area contributed by atoms with Crippen LogP contribution in [-0.4, -0.2) is 26.6 Å². The molecule has 108 valence electrons. The van der Waals surface area contributed by atoms with Gasteiger partial charge in [0, 0.05) is 6.61 Å². The molecule has 0 aliphatic carbocycles. The molecule has 0 fully saturated rings. The summed E-state index contributed by atoms with van der Waals surface area (Å²) in [6.45, 7) is 3.02. The third-order valence-electron chi connectivity index (χ3n) is 2.48. The quantitative estimate of drug-likeness (QED) is 0.776. The van der Waals surface area contributed by atoms with Crippen LogP contribution in [0.25, 0.3) is 0 Å². The molecule has 0 saturated heterocycles. The van der Waals surface area contributed by atoms with Gasteiger partial charge in [-0.2, -0.15) is 0 Å². The number of nitrogens with one attached hydrogen (secondary N) is 1. The van der Waals surface area contributed by atoms with Crippen molar-refractivity contribution in [1.29, 1.82) is 0 Å². The molecular formula is C13H18F3NO2. The van der Waals surface area contributed by atoms with Gasteiger partial charge < -0.3 is 14.8 Å². The molecule has 19 heavy (non-hydrogen) atoms. The number of alkyl halides is 3. The molecule has 0 aromatic heterocycles. The van der Waals surface area contributed by atoms with Gasteiger partial charge in [-0.3, -0.25) is 0 Å². The lowest BCUT2D eigenvalue weighted by molar-refractivity contribution is -0.274. The molecule has 0 radical (unpaired) electrons. The maximum absolute atomic E-state index is 12.1. The largest absolute Gasteiger partial charge is 0.573 e. The van der Waals surface area contributed by atoms with Crippen LogP contribution in [0.4, 0.5) is 13.2 Å². The molecule has 1 N–H and O–H groups in total. The Bertz CT molecular complexity index is 382. The lowest BCUT2D eigenvalue weighted by Gasteiger charge is -2.18. The molecule has 6 heteroatoms. The van der Waals surface area contributed by atoms with Crippen LogP contribution in [0.1, 0.15) is 24.9 Å². The van der Waals surface area contributed by atoms with Crippen LogP contribution >= 0.6 is 0 Å². The topological polar surface area (TPSA) is 30.5 Å². The van der Waals surface area contributed by atoms with E-state index in [4.69, 9.17) is 4.74 Å². The van der Waals surface area contributed by atoms with Gasteiger partial charge in [0.2, 0.25) is 0 Å². The molecule has 0 saturated carbocycles. The fourth-order valence-corrected chi connectivity index (χ4v) is 1.62. The number of hydrogen-bond acceptors (Lipinski definition) is 3. The summed E-state index contributed by atoms with van der Waals surface area (Å²) in [5, 5.41) is 3.01. The van der Waals surface area contributed by atoms with Crippen molar-refractivity contribution in [2.75, 3.05) is 20.3 Å². The van der Waals surface area contributed by atoms with E-state index in [-0.39, 0.29) is 11.8 Å². The normalized spacial score (nSPS) is 13.3. The first-order valence-corrected chi connectivity index (χ1v) is 6.07. The van der Waals surface area contributed by atoms with Crippen LogP contribution in [0, 0.1) is 0 Å². The second-order valence-electron chi connectivity index (χ2n) is 4.04. The molecule has 0 spiro atoms. The van der Waals surface area contributed by atoms with Crippen molar-refractivity contribution < 1.29 is 22.6 Å². The molecule has 1 unspecified atom stereocenters. The van der Waals surface area contributed by atoms with Gasteiger partial charge in [0.05, 0.1) is 12.6 Å². The monoisotopic (exact) mass is 277 g/mol. The zero-order chi connectivity index (χ0) is 14.3. The zero-order valence-corrected chi connectivity index (χ0v) is 11.0. The highest BCUT2D eigenvalue weighted by Crippen LogP contribution is 2.25. The Morgan fingerprint density at radius 2 is 2.05 bits per heavy atom. The molecule has 3 nitrogen and oxygen atoms in total. The second kappa shape index (κ2) is 7.35. The van der Waals surface area contributed by atoms with E-state index in [0.717, 1.165) is 6.42 Å². The molecule has 0 aliphatic heterocycles. The Morgan fingerprint density at radius 3 is 2.63 bits per heavy atom. The van der Waals surface area contributed by atoms with Gasteiger partial charge in [-0.05, 0) is 31.2 Å². The highest BCUT2D eigenvalue weighted by Gasteiger charge is 2.31. The maximum Gasteiger partial charge on any atom is 0.573 e. The van der Waals surface area contributed by atoms with E-state index in [1.54, 1.807) is 13.1 Å². The van der Waals surface area contributed by atoms with Crippen molar-refractivity contribution in [1.82, 2.24) is 5.32 Å². The molecule has 1 aromatic rings. The predicted molar refractivity (Wildman–Crippen MR) is 66.0 cm³/mol. The summed E-state index contributed by atoms with van der Waals surface area (Å²) in [5.41, 5.74) is 0.695. The molecule has 1 rings (SSSR count). The van der Waals surface area contributed by atoms with Crippen molar-refractivity contribution in [2.24, 2.45) is 0 Å². The number of benzene rings is 1. The first-order chi connectivity index (χ1) is 8.96. The fourth-order valence-electron chi connectivity index (χ4n) is 1.62. The first kappa shape index (κ1) is 15.8. The molecule has 1 aromatic carbocycles. The first-order valence-electron chi connectivity index (χ1n) is 6.07. The molecule has 0 heterocycles. The van der Waals surface area contributed by atoms with Crippen molar-refractivity contribution in [2.45, 2.75) is 25.7 Å². The SMILES string of the molecule is CCCOCC(NC)c1cccc(OC(F)(F)F)c1. The average Bonchev–Trinajstić information content (AvgIpc) is 2.33. The summed E-state index contributed by atoms with van der Waals surface area (Å²) in [7, 11) is 1.73.